The van der Waals surface area contributed by atoms with Crippen molar-refractivity contribution in [3.63, 3.8) is 0 Å². The predicted octanol–water partition coefficient (Wildman–Crippen LogP) is 5.26. The van der Waals surface area contributed by atoms with Gasteiger partial charge in [-0.1, -0.05) is 0 Å². The van der Waals surface area contributed by atoms with Crippen molar-refractivity contribution in [3.8, 4) is 0 Å². The molecule has 0 amide bonds. The summed E-state index contributed by atoms with van der Waals surface area (Å²) in [5, 5.41) is 0.424. The molecule has 6 heteroatoms. The van der Waals surface area contributed by atoms with E-state index in [2.05, 4.69) is 0 Å². The first kappa shape index (κ1) is 31.8. The van der Waals surface area contributed by atoms with E-state index in [-0.39, 0.29) is 0 Å². The van der Waals surface area contributed by atoms with Gasteiger partial charge in [0.1, 0.15) is 0 Å². The van der Waals surface area contributed by atoms with Crippen LogP contribution in [0, 0.1) is 31.0 Å². The van der Waals surface area contributed by atoms with Gasteiger partial charge in [-0.25, -0.2) is 0 Å². The van der Waals surface area contributed by atoms with Crippen LogP contribution in [-0.2, 0) is 9.23 Å². The molecule has 0 unspecified atom stereocenters. The summed E-state index contributed by atoms with van der Waals surface area (Å²) >= 11 is 0. The second-order valence-electron chi connectivity index (χ2n) is 11.8. The molecule has 232 valence electrons. The first-order valence-corrected chi connectivity index (χ1v) is 18.5. The summed E-state index contributed by atoms with van der Waals surface area (Å²) in [6.45, 7) is 0.798. The third-order valence-electron chi connectivity index (χ3n) is 9.02. The van der Waals surface area contributed by atoms with Crippen molar-refractivity contribution in [3.05, 3.63) is 197 Å². The van der Waals surface area contributed by atoms with Crippen molar-refractivity contribution in [1.82, 2.24) is 0 Å². The van der Waals surface area contributed by atoms with Gasteiger partial charge in [-0.05, 0) is 0 Å². The normalized spacial score (nSPS) is 13.1. The molecule has 6 aromatic rings. The summed E-state index contributed by atoms with van der Waals surface area (Å²) in [6.07, 6.45) is 0. The zero-order valence-electron chi connectivity index (χ0n) is 26.0. The van der Waals surface area contributed by atoms with Gasteiger partial charge in [0, 0.05) is 0 Å². The number of hydrogen-bond acceptors (Lipinski definition) is 4. The Labute approximate surface area is 273 Å². The number of aryl methyl sites for hydroxylation is 3. The molecule has 6 rings (SSSR count). The Morgan fingerprint density at radius 1 is 0.413 bits per heavy atom. The summed E-state index contributed by atoms with van der Waals surface area (Å²) in [7, 11) is -5.04. The Morgan fingerprint density at radius 2 is 0.674 bits per heavy atom. The molecule has 46 heavy (non-hydrogen) atoms. The minimum atomic E-state index is -5.16. The SMILES string of the molecule is Cc1ccc(P(O[Cl+3]([O-])([O-])[O-])(c2ccc(C)cc2)(c2ccc(C)cc2)C(c2ccccc2)(c2ccccc2)c2ccccc2)cc1. The Morgan fingerprint density at radius 3 is 0.913 bits per heavy atom. The van der Waals surface area contributed by atoms with E-state index in [0.717, 1.165) is 33.4 Å². The third-order valence-corrected chi connectivity index (χ3v) is 16.7. The molecule has 0 aliphatic rings. The number of hydrogen-bond donors (Lipinski definition) is 0. The van der Waals surface area contributed by atoms with Crippen LogP contribution in [-0.4, -0.2) is 0 Å². The van der Waals surface area contributed by atoms with Crippen LogP contribution >= 0.6 is 6.83 Å². The number of halogens is 1. The first-order chi connectivity index (χ1) is 22.1. The van der Waals surface area contributed by atoms with Crippen LogP contribution in [0.15, 0.2) is 164 Å². The summed E-state index contributed by atoms with van der Waals surface area (Å²) in [5.74, 6) is 0. The molecule has 0 heterocycles. The van der Waals surface area contributed by atoms with Gasteiger partial charge in [0.25, 0.3) is 0 Å². The zero-order valence-corrected chi connectivity index (χ0v) is 27.7. The van der Waals surface area contributed by atoms with Gasteiger partial charge in [-0.3, -0.25) is 0 Å². The van der Waals surface area contributed by atoms with Crippen molar-refractivity contribution in [2.75, 3.05) is 0 Å². The van der Waals surface area contributed by atoms with E-state index in [0.29, 0.717) is 15.9 Å². The Kier molecular flexibility index (Phi) is 8.47. The molecule has 0 bridgehead atoms. The molecule has 0 saturated heterocycles. The quantitative estimate of drug-likeness (QED) is 0.159. The first-order valence-electron chi connectivity index (χ1n) is 15.1. The van der Waals surface area contributed by atoms with Crippen molar-refractivity contribution >= 4 is 22.7 Å². The molecule has 0 aromatic heterocycles. The molecule has 6 aromatic carbocycles. The van der Waals surface area contributed by atoms with E-state index < -0.39 is 22.2 Å². The van der Waals surface area contributed by atoms with E-state index in [4.69, 9.17) is 4.08 Å². The van der Waals surface area contributed by atoms with Crippen LogP contribution in [0.5, 0.6) is 0 Å². The fourth-order valence-electron chi connectivity index (χ4n) is 7.13. The van der Waals surface area contributed by atoms with Gasteiger partial charge in [-0.15, -0.1) is 0 Å². The molecule has 0 atom stereocenters. The van der Waals surface area contributed by atoms with Gasteiger partial charge in [0.05, 0.1) is 0 Å². The Bertz CT molecular complexity index is 1690. The van der Waals surface area contributed by atoms with Crippen molar-refractivity contribution < 1.29 is 28.3 Å². The average molecular weight is 647 g/mol. The monoisotopic (exact) mass is 646 g/mol. The molecule has 4 nitrogen and oxygen atoms in total. The van der Waals surface area contributed by atoms with Crippen LogP contribution < -0.4 is 29.9 Å². The maximum atomic E-state index is 13.7. The summed E-state index contributed by atoms with van der Waals surface area (Å²) < 4.78 is 48.0. The topological polar surface area (TPSA) is 78.4 Å². The summed E-state index contributed by atoms with van der Waals surface area (Å²) in [6, 6.07) is 53.0. The Balaban J connectivity index is 2.07. The van der Waals surface area contributed by atoms with Crippen molar-refractivity contribution in [2.24, 2.45) is 0 Å². The molecule has 0 saturated carbocycles. The van der Waals surface area contributed by atoms with Gasteiger partial charge in [0.15, 0.2) is 0 Å². The fraction of sp³-hybridized carbons (Fsp3) is 0.100. The molecule has 0 spiro atoms. The van der Waals surface area contributed by atoms with Crippen LogP contribution in [0.3, 0.4) is 0 Å². The predicted molar refractivity (Wildman–Crippen MR) is 180 cm³/mol. The van der Waals surface area contributed by atoms with Crippen LogP contribution in [0.2, 0.25) is 0 Å². The van der Waals surface area contributed by atoms with Crippen LogP contribution in [0.4, 0.5) is 0 Å². The van der Waals surface area contributed by atoms with Crippen molar-refractivity contribution in [1.29, 1.82) is 0 Å². The number of benzene rings is 6. The van der Waals surface area contributed by atoms with Gasteiger partial charge in [0.2, 0.25) is 0 Å². The fourth-order valence-corrected chi connectivity index (χ4v) is 16.0. The van der Waals surface area contributed by atoms with E-state index in [1.165, 1.54) is 0 Å². The summed E-state index contributed by atoms with van der Waals surface area (Å²) in [4.78, 5) is 0. The molecule has 0 radical (unpaired) electrons. The maximum absolute atomic E-state index is 13.7. The van der Waals surface area contributed by atoms with Gasteiger partial charge >= 0.3 is 274 Å². The molecule has 0 aliphatic carbocycles. The van der Waals surface area contributed by atoms with Gasteiger partial charge < -0.3 is 0 Å². The van der Waals surface area contributed by atoms with Crippen LogP contribution in [0.1, 0.15) is 33.4 Å². The second kappa shape index (κ2) is 12.2. The Hall–Kier alpha value is -4.12. The molecular formula is C40H36ClO4P. The van der Waals surface area contributed by atoms with Crippen molar-refractivity contribution in [2.45, 2.75) is 25.9 Å². The van der Waals surface area contributed by atoms with Gasteiger partial charge in [-0.2, -0.15) is 0 Å². The standard InChI is InChI=1S/C40H36ClO4P/c1-31-19-25-37(26-20-31)46(45-41(42,43)44,38-27-21-32(2)22-28-38,39-29-23-33(3)24-30-39)40(34-13-7-4-8-14-34,35-15-9-5-10-16-35)36-17-11-6-12-18-36/h4-30H,1-3H3. The molecule has 0 fully saturated rings. The molecule has 0 aliphatic heterocycles. The van der Waals surface area contributed by atoms with Crippen LogP contribution in [0.25, 0.3) is 0 Å². The van der Waals surface area contributed by atoms with E-state index >= 15 is 0 Å². The average Bonchev–Trinajstić information content (AvgIpc) is 3.06. The molecular weight excluding hydrogens is 611 g/mol. The minimum absolute atomic E-state index is 0.604. The van der Waals surface area contributed by atoms with E-state index in [1.807, 2.05) is 185 Å². The molecule has 0 N–H and O–H groups in total. The van der Waals surface area contributed by atoms with E-state index in [1.54, 1.807) is 0 Å². The second-order valence-corrected chi connectivity index (χ2v) is 17.4. The number of rotatable bonds is 9. The van der Waals surface area contributed by atoms with E-state index in [9.17, 15) is 14.0 Å². The zero-order chi connectivity index (χ0) is 32.4. The summed E-state index contributed by atoms with van der Waals surface area (Å²) in [5.41, 5.74) is 5.31. The third kappa shape index (κ3) is 4.90.